The fraction of sp³-hybridized carbons (Fsp3) is 0.824. The minimum atomic E-state index is -0.730. The van der Waals surface area contributed by atoms with E-state index in [-0.39, 0.29) is 18.4 Å². The number of likely N-dealkylation sites (tertiary alicyclic amines) is 1. The Morgan fingerprint density at radius 1 is 1.12 bits per heavy atom. The van der Waals surface area contributed by atoms with E-state index < -0.39 is 11.6 Å². The Bertz CT molecular complexity index is 569. The zero-order valence-electron chi connectivity index (χ0n) is 14.6. The summed E-state index contributed by atoms with van der Waals surface area (Å²) in [6.45, 7) is 5.31. The molecule has 25 heavy (non-hydrogen) atoms. The number of carbonyl (C=O) groups is 3. The molecule has 4 aliphatic rings. The summed E-state index contributed by atoms with van der Waals surface area (Å²) < 4.78 is 0. The Morgan fingerprint density at radius 2 is 1.84 bits per heavy atom. The molecule has 4 rings (SSSR count). The van der Waals surface area contributed by atoms with Gasteiger partial charge in [-0.15, -0.1) is 0 Å². The third kappa shape index (κ3) is 3.01. The normalized spacial score (nSPS) is 29.7. The highest BCUT2D eigenvalue weighted by Crippen LogP contribution is 2.35. The van der Waals surface area contributed by atoms with Crippen LogP contribution in [0.3, 0.4) is 0 Å². The van der Waals surface area contributed by atoms with Crippen molar-refractivity contribution in [1.82, 2.24) is 25.3 Å². The van der Waals surface area contributed by atoms with Crippen molar-refractivity contribution in [2.24, 2.45) is 0 Å². The summed E-state index contributed by atoms with van der Waals surface area (Å²) in [7, 11) is 0. The fourth-order valence-electron chi connectivity index (χ4n) is 4.69. The summed E-state index contributed by atoms with van der Waals surface area (Å²) in [5.74, 6) is -0.322. The first-order valence-electron chi connectivity index (χ1n) is 9.46. The summed E-state index contributed by atoms with van der Waals surface area (Å²) >= 11 is 0. The van der Waals surface area contributed by atoms with E-state index in [1.807, 2.05) is 4.90 Å². The number of urea groups is 1. The molecule has 3 saturated heterocycles. The van der Waals surface area contributed by atoms with Crippen LogP contribution in [0.5, 0.6) is 0 Å². The minimum absolute atomic E-state index is 0.115. The zero-order valence-corrected chi connectivity index (χ0v) is 14.6. The Kier molecular flexibility index (Phi) is 4.41. The average molecular weight is 349 g/mol. The maximum Gasteiger partial charge on any atom is 0.325 e. The SMILES string of the molecule is O=C(CN1C(=O)NC2(CCCC2)C1=O)N1CCC(N2CCNCC2)C1. The Balaban J connectivity index is 1.34. The molecule has 8 nitrogen and oxygen atoms in total. The predicted molar refractivity (Wildman–Crippen MR) is 90.9 cm³/mol. The molecule has 1 spiro atoms. The number of hydrogen-bond donors (Lipinski definition) is 2. The second kappa shape index (κ2) is 6.57. The van der Waals surface area contributed by atoms with Crippen molar-refractivity contribution in [3.05, 3.63) is 0 Å². The third-order valence-corrected chi connectivity index (χ3v) is 6.18. The highest BCUT2D eigenvalue weighted by atomic mass is 16.2. The number of hydrogen-bond acceptors (Lipinski definition) is 5. The first kappa shape index (κ1) is 16.8. The van der Waals surface area contributed by atoms with Gasteiger partial charge in [0.05, 0.1) is 0 Å². The Labute approximate surface area is 147 Å². The van der Waals surface area contributed by atoms with Crippen molar-refractivity contribution >= 4 is 17.8 Å². The Morgan fingerprint density at radius 3 is 2.56 bits per heavy atom. The molecule has 0 radical (unpaired) electrons. The lowest BCUT2D eigenvalue weighted by Crippen LogP contribution is -2.50. The molecule has 2 N–H and O–H groups in total. The molecule has 1 atom stereocenters. The first-order chi connectivity index (χ1) is 12.1. The maximum atomic E-state index is 12.7. The van der Waals surface area contributed by atoms with E-state index in [1.54, 1.807) is 0 Å². The van der Waals surface area contributed by atoms with Gasteiger partial charge < -0.3 is 15.5 Å². The van der Waals surface area contributed by atoms with Crippen LogP contribution in [0.4, 0.5) is 4.79 Å². The van der Waals surface area contributed by atoms with Gasteiger partial charge in [-0.3, -0.25) is 19.4 Å². The molecule has 4 fully saturated rings. The van der Waals surface area contributed by atoms with Gasteiger partial charge >= 0.3 is 6.03 Å². The van der Waals surface area contributed by atoms with Crippen molar-refractivity contribution < 1.29 is 14.4 Å². The minimum Gasteiger partial charge on any atom is -0.340 e. The largest absolute Gasteiger partial charge is 0.340 e. The van der Waals surface area contributed by atoms with E-state index in [2.05, 4.69) is 15.5 Å². The predicted octanol–water partition coefficient (Wildman–Crippen LogP) is -0.643. The van der Waals surface area contributed by atoms with Crippen molar-refractivity contribution in [2.45, 2.75) is 43.7 Å². The topological polar surface area (TPSA) is 85.0 Å². The summed E-state index contributed by atoms with van der Waals surface area (Å²) in [5.41, 5.74) is -0.730. The molecular weight excluding hydrogens is 322 g/mol. The quantitative estimate of drug-likeness (QED) is 0.662. The lowest BCUT2D eigenvalue weighted by atomic mass is 9.98. The summed E-state index contributed by atoms with van der Waals surface area (Å²) in [5, 5.41) is 6.18. The molecule has 0 bridgehead atoms. The van der Waals surface area contributed by atoms with Crippen LogP contribution in [0.2, 0.25) is 0 Å². The smallest absolute Gasteiger partial charge is 0.325 e. The van der Waals surface area contributed by atoms with E-state index in [0.717, 1.165) is 50.3 Å². The van der Waals surface area contributed by atoms with Crippen LogP contribution in [-0.2, 0) is 9.59 Å². The number of nitrogens with one attached hydrogen (secondary N) is 2. The third-order valence-electron chi connectivity index (χ3n) is 6.18. The fourth-order valence-corrected chi connectivity index (χ4v) is 4.69. The second-order valence-corrected chi connectivity index (χ2v) is 7.68. The zero-order chi connectivity index (χ0) is 17.4. The highest BCUT2D eigenvalue weighted by molar-refractivity contribution is 6.09. The first-order valence-corrected chi connectivity index (χ1v) is 9.46. The summed E-state index contributed by atoms with van der Waals surface area (Å²) in [4.78, 5) is 42.9. The molecule has 138 valence electrons. The van der Waals surface area contributed by atoms with Gasteiger partial charge in [0.25, 0.3) is 5.91 Å². The highest BCUT2D eigenvalue weighted by Gasteiger charge is 2.53. The second-order valence-electron chi connectivity index (χ2n) is 7.68. The van der Waals surface area contributed by atoms with Gasteiger partial charge in [-0.2, -0.15) is 0 Å². The molecule has 4 amide bonds. The molecule has 3 heterocycles. The van der Waals surface area contributed by atoms with E-state index in [9.17, 15) is 14.4 Å². The van der Waals surface area contributed by atoms with Gasteiger partial charge in [0.15, 0.2) is 0 Å². The Hall–Kier alpha value is -1.67. The van der Waals surface area contributed by atoms with Crippen LogP contribution >= 0.6 is 0 Å². The van der Waals surface area contributed by atoms with E-state index in [1.165, 1.54) is 0 Å². The van der Waals surface area contributed by atoms with E-state index >= 15 is 0 Å². The standard InChI is InChI=1S/C17H27N5O3/c23-14(21-8-3-13(11-21)20-9-6-18-7-10-20)12-22-15(24)17(19-16(22)25)4-1-2-5-17/h13,18H,1-12H2,(H,19,25). The van der Waals surface area contributed by atoms with Crippen LogP contribution in [0.15, 0.2) is 0 Å². The molecule has 0 aromatic heterocycles. The molecular formula is C17H27N5O3. The summed E-state index contributed by atoms with van der Waals surface area (Å²) in [6.07, 6.45) is 4.25. The van der Waals surface area contributed by atoms with Crippen molar-refractivity contribution in [1.29, 1.82) is 0 Å². The van der Waals surface area contributed by atoms with Gasteiger partial charge in [-0.25, -0.2) is 4.79 Å². The number of nitrogens with zero attached hydrogens (tertiary/aromatic N) is 3. The lowest BCUT2D eigenvalue weighted by Gasteiger charge is -2.32. The molecule has 0 aromatic carbocycles. The van der Waals surface area contributed by atoms with Gasteiger partial charge in [0, 0.05) is 45.3 Å². The van der Waals surface area contributed by atoms with Crippen LogP contribution in [0.25, 0.3) is 0 Å². The molecule has 1 unspecified atom stereocenters. The number of imide groups is 1. The average Bonchev–Trinajstić information content (AvgIpc) is 3.33. The van der Waals surface area contributed by atoms with E-state index in [0.29, 0.717) is 32.0 Å². The van der Waals surface area contributed by atoms with Crippen molar-refractivity contribution in [2.75, 3.05) is 45.8 Å². The number of amides is 4. The molecule has 3 aliphatic heterocycles. The molecule has 1 saturated carbocycles. The monoisotopic (exact) mass is 349 g/mol. The van der Waals surface area contributed by atoms with Crippen LogP contribution in [-0.4, -0.2) is 89.9 Å². The van der Waals surface area contributed by atoms with Gasteiger partial charge in [0.2, 0.25) is 5.91 Å². The van der Waals surface area contributed by atoms with E-state index in [4.69, 9.17) is 0 Å². The summed E-state index contributed by atoms with van der Waals surface area (Å²) in [6, 6.07) is -0.00608. The van der Waals surface area contributed by atoms with Gasteiger partial charge in [-0.05, 0) is 19.3 Å². The van der Waals surface area contributed by atoms with Crippen LogP contribution < -0.4 is 10.6 Å². The number of carbonyl (C=O) groups excluding carboxylic acids is 3. The van der Waals surface area contributed by atoms with Crippen molar-refractivity contribution in [3.63, 3.8) is 0 Å². The lowest BCUT2D eigenvalue weighted by molar-refractivity contribution is -0.138. The van der Waals surface area contributed by atoms with Gasteiger partial charge in [-0.1, -0.05) is 12.8 Å². The van der Waals surface area contributed by atoms with Crippen molar-refractivity contribution in [3.8, 4) is 0 Å². The molecule has 0 aromatic rings. The maximum absolute atomic E-state index is 12.7. The molecule has 1 aliphatic carbocycles. The number of piperazine rings is 1. The van der Waals surface area contributed by atoms with Crippen LogP contribution in [0.1, 0.15) is 32.1 Å². The molecule has 8 heteroatoms. The van der Waals surface area contributed by atoms with Crippen LogP contribution in [0, 0.1) is 0 Å². The number of rotatable bonds is 3. The van der Waals surface area contributed by atoms with Gasteiger partial charge in [0.1, 0.15) is 12.1 Å².